The number of carbonyl (C=O) groups is 1. The van der Waals surface area contributed by atoms with Gasteiger partial charge >= 0.3 is 0 Å². The van der Waals surface area contributed by atoms with Crippen LogP contribution in [0, 0.1) is 5.41 Å². The molecule has 2 rings (SSSR count). The highest BCUT2D eigenvalue weighted by Gasteiger charge is 2.23. The van der Waals surface area contributed by atoms with Gasteiger partial charge in [-0.1, -0.05) is 43.7 Å². The minimum Gasteiger partial charge on any atom is -0.387 e. The summed E-state index contributed by atoms with van der Waals surface area (Å²) in [7, 11) is 0. The predicted octanol–water partition coefficient (Wildman–Crippen LogP) is 4.35. The van der Waals surface area contributed by atoms with Crippen LogP contribution in [-0.4, -0.2) is 11.7 Å². The van der Waals surface area contributed by atoms with Gasteiger partial charge in [-0.15, -0.1) is 0 Å². The molecule has 116 valence electrons. The van der Waals surface area contributed by atoms with E-state index in [4.69, 9.17) is 5.73 Å². The number of amides is 1. The topological polar surface area (TPSA) is 55.5 Å². The maximum Gasteiger partial charge on any atom is 0.278 e. The SMILES string of the molecule is CC1=C/C(=C\c2ccc(C(=O)N=C(C)N)cc2)CC(C)(C)C1. The third-order valence-corrected chi connectivity index (χ3v) is 3.66. The number of hydrogen-bond acceptors (Lipinski definition) is 1. The van der Waals surface area contributed by atoms with Crippen molar-refractivity contribution < 1.29 is 4.79 Å². The van der Waals surface area contributed by atoms with Crippen LogP contribution in [-0.2, 0) is 0 Å². The molecule has 0 saturated carbocycles. The Morgan fingerprint density at radius 2 is 1.86 bits per heavy atom. The van der Waals surface area contributed by atoms with Crippen LogP contribution in [0.1, 0.15) is 56.5 Å². The molecule has 1 aliphatic rings. The van der Waals surface area contributed by atoms with Crippen molar-refractivity contribution in [2.45, 2.75) is 40.5 Å². The van der Waals surface area contributed by atoms with Crippen LogP contribution in [0.3, 0.4) is 0 Å². The maximum absolute atomic E-state index is 11.8. The minimum absolute atomic E-state index is 0.279. The number of allylic oxidation sites excluding steroid dienone is 3. The predicted molar refractivity (Wildman–Crippen MR) is 92.8 cm³/mol. The Hall–Kier alpha value is -2.16. The van der Waals surface area contributed by atoms with E-state index in [1.807, 2.05) is 12.1 Å². The van der Waals surface area contributed by atoms with E-state index >= 15 is 0 Å². The number of aliphatic imine (C=N–C) groups is 1. The van der Waals surface area contributed by atoms with Gasteiger partial charge in [0.25, 0.3) is 5.91 Å². The molecule has 1 aromatic rings. The van der Waals surface area contributed by atoms with E-state index in [9.17, 15) is 4.79 Å². The van der Waals surface area contributed by atoms with Crippen LogP contribution >= 0.6 is 0 Å². The smallest absolute Gasteiger partial charge is 0.278 e. The summed E-state index contributed by atoms with van der Waals surface area (Å²) in [5.74, 6) is -0.0185. The third kappa shape index (κ3) is 4.42. The van der Waals surface area contributed by atoms with Crippen molar-refractivity contribution >= 4 is 17.8 Å². The maximum atomic E-state index is 11.8. The second-order valence-corrected chi connectivity index (χ2v) is 6.91. The lowest BCUT2D eigenvalue weighted by molar-refractivity contribution is 0.100. The number of carbonyl (C=O) groups excluding carboxylic acids is 1. The summed E-state index contributed by atoms with van der Waals surface area (Å²) < 4.78 is 0. The van der Waals surface area contributed by atoms with Crippen LogP contribution in [0.25, 0.3) is 6.08 Å². The summed E-state index contributed by atoms with van der Waals surface area (Å²) in [6.07, 6.45) is 6.68. The zero-order valence-electron chi connectivity index (χ0n) is 13.8. The number of benzene rings is 1. The summed E-state index contributed by atoms with van der Waals surface area (Å²) in [6.45, 7) is 8.39. The fraction of sp³-hybridized carbons (Fsp3) is 0.368. The van der Waals surface area contributed by atoms with E-state index in [2.05, 4.69) is 37.9 Å². The fourth-order valence-electron chi connectivity index (χ4n) is 3.04. The van der Waals surface area contributed by atoms with Crippen molar-refractivity contribution in [2.24, 2.45) is 16.1 Å². The van der Waals surface area contributed by atoms with E-state index in [-0.39, 0.29) is 11.7 Å². The Labute approximate surface area is 132 Å². The van der Waals surface area contributed by atoms with Crippen molar-refractivity contribution in [3.05, 3.63) is 52.6 Å². The Bertz CT molecular complexity index is 657. The standard InChI is InChI=1S/C19H24N2O/c1-13-9-16(12-19(3,4)11-13)10-15-5-7-17(8-6-15)18(22)21-14(2)20/h5-10H,11-12H2,1-4H3,(H2,20,21,22)/b16-10+. The van der Waals surface area contributed by atoms with Gasteiger partial charge in [0.2, 0.25) is 0 Å². The Morgan fingerprint density at radius 3 is 2.41 bits per heavy atom. The normalized spacial score (nSPS) is 19.9. The van der Waals surface area contributed by atoms with E-state index in [1.54, 1.807) is 19.1 Å². The first-order valence-corrected chi connectivity index (χ1v) is 7.58. The molecule has 3 nitrogen and oxygen atoms in total. The van der Waals surface area contributed by atoms with E-state index in [0.29, 0.717) is 11.0 Å². The molecule has 1 aliphatic carbocycles. The van der Waals surface area contributed by atoms with Gasteiger partial charge in [0, 0.05) is 5.56 Å². The average molecular weight is 296 g/mol. The molecule has 0 heterocycles. The molecule has 0 aliphatic heterocycles. The average Bonchev–Trinajstić information content (AvgIpc) is 2.36. The van der Waals surface area contributed by atoms with Crippen LogP contribution in [0.5, 0.6) is 0 Å². The summed E-state index contributed by atoms with van der Waals surface area (Å²) in [5, 5.41) is 0. The zero-order chi connectivity index (χ0) is 16.3. The quantitative estimate of drug-likeness (QED) is 0.651. The Balaban J connectivity index is 2.21. The van der Waals surface area contributed by atoms with E-state index < -0.39 is 0 Å². The number of nitrogens with zero attached hydrogens (tertiary/aromatic N) is 1. The first kappa shape index (κ1) is 16.2. The first-order valence-electron chi connectivity index (χ1n) is 7.58. The zero-order valence-corrected chi connectivity index (χ0v) is 13.8. The molecule has 22 heavy (non-hydrogen) atoms. The molecule has 1 amide bonds. The Kier molecular flexibility index (Phi) is 4.65. The monoisotopic (exact) mass is 296 g/mol. The lowest BCUT2D eigenvalue weighted by atomic mass is 9.75. The highest BCUT2D eigenvalue weighted by atomic mass is 16.1. The lowest BCUT2D eigenvalue weighted by Crippen LogP contribution is -2.16. The summed E-state index contributed by atoms with van der Waals surface area (Å²) in [6, 6.07) is 7.50. The van der Waals surface area contributed by atoms with E-state index in [0.717, 1.165) is 18.4 Å². The second kappa shape index (κ2) is 6.30. The summed E-state index contributed by atoms with van der Waals surface area (Å²) >= 11 is 0. The van der Waals surface area contributed by atoms with Gasteiger partial charge < -0.3 is 5.73 Å². The highest BCUT2D eigenvalue weighted by Crippen LogP contribution is 2.38. The third-order valence-electron chi connectivity index (χ3n) is 3.66. The molecular formula is C19H24N2O. The second-order valence-electron chi connectivity index (χ2n) is 6.91. The van der Waals surface area contributed by atoms with Crippen LogP contribution in [0.2, 0.25) is 0 Å². The van der Waals surface area contributed by atoms with Gasteiger partial charge in [-0.25, -0.2) is 0 Å². The summed E-state index contributed by atoms with van der Waals surface area (Å²) in [5.41, 5.74) is 10.2. The van der Waals surface area contributed by atoms with E-state index in [1.165, 1.54) is 11.1 Å². The van der Waals surface area contributed by atoms with Crippen molar-refractivity contribution in [2.75, 3.05) is 0 Å². The number of hydrogen-bond donors (Lipinski definition) is 1. The Morgan fingerprint density at radius 1 is 1.23 bits per heavy atom. The summed E-state index contributed by atoms with van der Waals surface area (Å²) in [4.78, 5) is 15.5. The van der Waals surface area contributed by atoms with Crippen LogP contribution in [0.15, 0.2) is 46.5 Å². The van der Waals surface area contributed by atoms with Crippen molar-refractivity contribution in [3.63, 3.8) is 0 Å². The van der Waals surface area contributed by atoms with Crippen molar-refractivity contribution in [1.29, 1.82) is 0 Å². The molecular weight excluding hydrogens is 272 g/mol. The van der Waals surface area contributed by atoms with Crippen molar-refractivity contribution in [1.82, 2.24) is 0 Å². The molecule has 0 atom stereocenters. The molecule has 2 N–H and O–H groups in total. The largest absolute Gasteiger partial charge is 0.387 e. The van der Waals surface area contributed by atoms with Crippen molar-refractivity contribution in [3.8, 4) is 0 Å². The fourth-order valence-corrected chi connectivity index (χ4v) is 3.04. The molecule has 0 fully saturated rings. The lowest BCUT2D eigenvalue weighted by Gasteiger charge is -2.30. The molecule has 3 heteroatoms. The molecule has 1 aromatic carbocycles. The molecule has 0 radical (unpaired) electrons. The first-order chi connectivity index (χ1) is 10.2. The minimum atomic E-state index is -0.297. The number of amidine groups is 1. The van der Waals surface area contributed by atoms with Gasteiger partial charge in [-0.05, 0) is 55.4 Å². The van der Waals surface area contributed by atoms with Crippen LogP contribution < -0.4 is 5.73 Å². The number of nitrogens with two attached hydrogens (primary N) is 1. The van der Waals surface area contributed by atoms with Gasteiger partial charge in [0.05, 0.1) is 0 Å². The molecule has 0 spiro atoms. The molecule has 0 saturated heterocycles. The molecule has 0 aromatic heterocycles. The van der Waals surface area contributed by atoms with Gasteiger partial charge in [0.15, 0.2) is 0 Å². The van der Waals surface area contributed by atoms with Gasteiger partial charge in [0.1, 0.15) is 5.84 Å². The van der Waals surface area contributed by atoms with Crippen LogP contribution in [0.4, 0.5) is 0 Å². The van der Waals surface area contributed by atoms with Gasteiger partial charge in [-0.2, -0.15) is 4.99 Å². The molecule has 0 unspecified atom stereocenters. The highest BCUT2D eigenvalue weighted by molar-refractivity contribution is 6.02. The molecule has 0 bridgehead atoms. The van der Waals surface area contributed by atoms with Gasteiger partial charge in [-0.3, -0.25) is 4.79 Å². The number of rotatable bonds is 2.